The maximum absolute atomic E-state index is 13.4. The molecular formula is C20H21F3N2O2S. The standard InChI is InChI=1S/C20H21F3N2O2S/c1-13-3-8-18-16(11-13)17-12-24(2)10-9-19(17)25(18)28(26,27)15-6-4-14(5-7-15)20(21,22)23/h3-8,11,17,19H,9-10,12H2,1-2H3/t17-,19-/m0/s1. The van der Waals surface area contributed by atoms with Crippen molar-refractivity contribution in [1.29, 1.82) is 0 Å². The molecule has 0 aromatic heterocycles. The molecule has 2 aliphatic rings. The molecule has 2 aromatic rings. The first-order valence-corrected chi connectivity index (χ1v) is 10.5. The molecule has 0 amide bonds. The van der Waals surface area contributed by atoms with Crippen LogP contribution in [0.25, 0.3) is 0 Å². The molecule has 1 fully saturated rings. The average molecular weight is 410 g/mol. The Hall–Kier alpha value is -2.06. The van der Waals surface area contributed by atoms with Gasteiger partial charge in [0.25, 0.3) is 10.0 Å². The molecule has 0 spiro atoms. The van der Waals surface area contributed by atoms with Crippen LogP contribution in [0.15, 0.2) is 47.4 Å². The molecule has 28 heavy (non-hydrogen) atoms. The smallest absolute Gasteiger partial charge is 0.306 e. The Labute approximate surface area is 162 Å². The highest BCUT2D eigenvalue weighted by atomic mass is 32.2. The molecule has 8 heteroatoms. The minimum atomic E-state index is -4.50. The molecule has 2 aromatic carbocycles. The van der Waals surface area contributed by atoms with E-state index in [4.69, 9.17) is 0 Å². The van der Waals surface area contributed by atoms with E-state index >= 15 is 0 Å². The van der Waals surface area contributed by atoms with Crippen LogP contribution >= 0.6 is 0 Å². The van der Waals surface area contributed by atoms with Gasteiger partial charge in [0, 0.05) is 12.5 Å². The van der Waals surface area contributed by atoms with Crippen LogP contribution < -0.4 is 4.31 Å². The van der Waals surface area contributed by atoms with E-state index in [0.29, 0.717) is 12.1 Å². The molecule has 0 radical (unpaired) electrons. The summed E-state index contributed by atoms with van der Waals surface area (Å²) < 4.78 is 66.8. The monoisotopic (exact) mass is 410 g/mol. The quantitative estimate of drug-likeness (QED) is 0.751. The summed E-state index contributed by atoms with van der Waals surface area (Å²) in [6.45, 7) is 3.49. The maximum atomic E-state index is 13.4. The topological polar surface area (TPSA) is 40.6 Å². The first-order valence-electron chi connectivity index (χ1n) is 9.10. The molecule has 4 nitrogen and oxygen atoms in total. The van der Waals surface area contributed by atoms with Crippen LogP contribution in [-0.2, 0) is 16.2 Å². The van der Waals surface area contributed by atoms with Crippen molar-refractivity contribution in [3.63, 3.8) is 0 Å². The maximum Gasteiger partial charge on any atom is 0.416 e. The van der Waals surface area contributed by atoms with Crippen molar-refractivity contribution in [3.05, 3.63) is 59.2 Å². The summed E-state index contributed by atoms with van der Waals surface area (Å²) in [4.78, 5) is 2.06. The molecule has 1 saturated heterocycles. The number of anilines is 1. The Kier molecular flexibility index (Phi) is 4.46. The zero-order valence-electron chi connectivity index (χ0n) is 15.6. The van der Waals surface area contributed by atoms with Crippen molar-refractivity contribution in [3.8, 4) is 0 Å². The second kappa shape index (κ2) is 6.49. The second-order valence-electron chi connectivity index (χ2n) is 7.61. The molecule has 0 aliphatic carbocycles. The summed E-state index contributed by atoms with van der Waals surface area (Å²) in [5.41, 5.74) is 1.82. The zero-order valence-corrected chi connectivity index (χ0v) is 16.4. The normalized spacial score (nSPS) is 22.8. The highest BCUT2D eigenvalue weighted by Gasteiger charge is 2.46. The number of hydrogen-bond acceptors (Lipinski definition) is 3. The lowest BCUT2D eigenvalue weighted by atomic mass is 9.89. The SMILES string of the molecule is Cc1ccc2c(c1)[C@@H]1CN(C)CC[C@@H]1N2S(=O)(=O)c1ccc(C(F)(F)F)cc1. The van der Waals surface area contributed by atoms with Gasteiger partial charge in [-0.1, -0.05) is 17.7 Å². The van der Waals surface area contributed by atoms with Crippen molar-refractivity contribution in [2.45, 2.75) is 36.4 Å². The number of rotatable bonds is 2. The Morgan fingerprint density at radius 1 is 1.07 bits per heavy atom. The Morgan fingerprint density at radius 2 is 1.75 bits per heavy atom. The van der Waals surface area contributed by atoms with E-state index in [9.17, 15) is 21.6 Å². The van der Waals surface area contributed by atoms with Gasteiger partial charge >= 0.3 is 6.18 Å². The van der Waals surface area contributed by atoms with E-state index in [1.807, 2.05) is 32.2 Å². The van der Waals surface area contributed by atoms with Crippen LogP contribution in [0.2, 0.25) is 0 Å². The third-order valence-electron chi connectivity index (χ3n) is 5.64. The third kappa shape index (κ3) is 3.08. The van der Waals surface area contributed by atoms with Gasteiger partial charge in [0.1, 0.15) is 0 Å². The fraction of sp³-hybridized carbons (Fsp3) is 0.400. The van der Waals surface area contributed by atoms with Crippen LogP contribution in [0, 0.1) is 6.92 Å². The molecular weight excluding hydrogens is 389 g/mol. The molecule has 0 unspecified atom stereocenters. The number of piperidine rings is 1. The molecule has 2 atom stereocenters. The van der Waals surface area contributed by atoms with Crippen LogP contribution in [0.5, 0.6) is 0 Å². The summed E-state index contributed by atoms with van der Waals surface area (Å²) >= 11 is 0. The minimum Gasteiger partial charge on any atom is -0.306 e. The molecule has 150 valence electrons. The Morgan fingerprint density at radius 3 is 2.39 bits per heavy atom. The van der Waals surface area contributed by atoms with E-state index in [0.717, 1.165) is 48.5 Å². The van der Waals surface area contributed by atoms with Crippen LogP contribution in [0.4, 0.5) is 18.9 Å². The van der Waals surface area contributed by atoms with Crippen LogP contribution in [0.1, 0.15) is 29.0 Å². The molecule has 0 bridgehead atoms. The van der Waals surface area contributed by atoms with E-state index in [2.05, 4.69) is 4.90 Å². The number of hydrogen-bond donors (Lipinski definition) is 0. The number of likely N-dealkylation sites (tertiary alicyclic amines) is 1. The number of benzene rings is 2. The number of sulfonamides is 1. The highest BCUT2D eigenvalue weighted by Crippen LogP contribution is 2.47. The number of nitrogens with zero attached hydrogens (tertiary/aromatic N) is 2. The summed E-state index contributed by atoms with van der Waals surface area (Å²) in [5, 5.41) is 0. The molecule has 2 aliphatic heterocycles. The zero-order chi connectivity index (χ0) is 20.3. The van der Waals surface area contributed by atoms with Crippen molar-refractivity contribution >= 4 is 15.7 Å². The predicted molar refractivity (Wildman–Crippen MR) is 101 cm³/mol. The van der Waals surface area contributed by atoms with Gasteiger partial charge in [-0.3, -0.25) is 4.31 Å². The Balaban J connectivity index is 1.79. The van der Waals surface area contributed by atoms with Gasteiger partial charge in [-0.2, -0.15) is 13.2 Å². The van der Waals surface area contributed by atoms with Crippen molar-refractivity contribution in [2.24, 2.45) is 0 Å². The van der Waals surface area contributed by atoms with Crippen molar-refractivity contribution in [1.82, 2.24) is 4.90 Å². The highest BCUT2D eigenvalue weighted by molar-refractivity contribution is 7.92. The number of likely N-dealkylation sites (N-methyl/N-ethyl adjacent to an activating group) is 1. The van der Waals surface area contributed by atoms with Gasteiger partial charge in [0.15, 0.2) is 0 Å². The van der Waals surface area contributed by atoms with Gasteiger partial charge in [0.2, 0.25) is 0 Å². The number of aryl methyl sites for hydroxylation is 1. The summed E-state index contributed by atoms with van der Waals surface area (Å²) in [6.07, 6.45) is -3.83. The minimum absolute atomic E-state index is 0.0536. The molecule has 0 saturated carbocycles. The van der Waals surface area contributed by atoms with Gasteiger partial charge in [0.05, 0.1) is 22.2 Å². The molecule has 4 rings (SSSR count). The lowest BCUT2D eigenvalue weighted by Gasteiger charge is -2.36. The van der Waals surface area contributed by atoms with E-state index in [-0.39, 0.29) is 16.9 Å². The van der Waals surface area contributed by atoms with Gasteiger partial charge in [-0.05, 0) is 62.8 Å². The average Bonchev–Trinajstić information content (AvgIpc) is 2.95. The lowest BCUT2D eigenvalue weighted by Crippen LogP contribution is -2.47. The third-order valence-corrected chi connectivity index (χ3v) is 7.49. The van der Waals surface area contributed by atoms with Gasteiger partial charge in [-0.15, -0.1) is 0 Å². The summed E-state index contributed by atoms with van der Waals surface area (Å²) in [7, 11) is -1.96. The lowest BCUT2D eigenvalue weighted by molar-refractivity contribution is -0.137. The van der Waals surface area contributed by atoms with Gasteiger partial charge in [-0.25, -0.2) is 8.42 Å². The van der Waals surface area contributed by atoms with E-state index in [1.165, 1.54) is 4.31 Å². The molecule has 2 heterocycles. The summed E-state index contributed by atoms with van der Waals surface area (Å²) in [6, 6.07) is 9.23. The second-order valence-corrected chi connectivity index (χ2v) is 9.42. The van der Waals surface area contributed by atoms with E-state index in [1.54, 1.807) is 0 Å². The molecule has 0 N–H and O–H groups in total. The predicted octanol–water partition coefficient (Wildman–Crippen LogP) is 4.01. The number of alkyl halides is 3. The fourth-order valence-electron chi connectivity index (χ4n) is 4.28. The fourth-order valence-corrected chi connectivity index (χ4v) is 6.02. The van der Waals surface area contributed by atoms with Crippen LogP contribution in [-0.4, -0.2) is 39.5 Å². The van der Waals surface area contributed by atoms with Crippen molar-refractivity contribution < 1.29 is 21.6 Å². The number of fused-ring (bicyclic) bond motifs is 3. The van der Waals surface area contributed by atoms with Gasteiger partial charge < -0.3 is 4.90 Å². The van der Waals surface area contributed by atoms with E-state index < -0.39 is 21.8 Å². The first-order chi connectivity index (χ1) is 13.1. The first kappa shape index (κ1) is 19.3. The summed E-state index contributed by atoms with van der Waals surface area (Å²) in [5.74, 6) is 0.0536. The number of halogens is 3. The van der Waals surface area contributed by atoms with Crippen LogP contribution in [0.3, 0.4) is 0 Å². The Bertz CT molecular complexity index is 1000. The largest absolute Gasteiger partial charge is 0.416 e. The van der Waals surface area contributed by atoms with Crippen molar-refractivity contribution in [2.75, 3.05) is 24.4 Å².